The van der Waals surface area contributed by atoms with E-state index < -0.39 is 0 Å². The zero-order valence-electron chi connectivity index (χ0n) is 14.4. The van der Waals surface area contributed by atoms with Gasteiger partial charge in [0.15, 0.2) is 0 Å². The van der Waals surface area contributed by atoms with Crippen LogP contribution in [0.25, 0.3) is 5.69 Å². The molecule has 7 heteroatoms. The van der Waals surface area contributed by atoms with Crippen molar-refractivity contribution in [2.75, 3.05) is 34.3 Å². The fraction of sp³-hybridized carbons (Fsp3) is 0.529. The summed E-state index contributed by atoms with van der Waals surface area (Å²) in [5, 5.41) is 9.20. The molecule has 1 saturated heterocycles. The standard InChI is InChI=1S/C17H24ClN5O/c1-21(11-16-8-17(24-3)12-22(16)2)9-14-10-23(20-19-14)15-6-4-13(18)5-7-15/h4-7,10,16-17H,8-9,11-12H2,1-3H3/t16-,17-/m0/s1. The molecule has 0 unspecified atom stereocenters. The Morgan fingerprint density at radius 2 is 2.08 bits per heavy atom. The summed E-state index contributed by atoms with van der Waals surface area (Å²) in [4.78, 5) is 4.66. The van der Waals surface area contributed by atoms with Crippen LogP contribution in [-0.2, 0) is 11.3 Å². The number of likely N-dealkylation sites (tertiary alicyclic amines) is 1. The van der Waals surface area contributed by atoms with E-state index in [1.54, 1.807) is 11.8 Å². The molecule has 1 aliphatic rings. The normalized spacial score (nSPS) is 21.7. The van der Waals surface area contributed by atoms with Gasteiger partial charge in [-0.3, -0.25) is 9.80 Å². The van der Waals surface area contributed by atoms with Crippen LogP contribution in [0.1, 0.15) is 12.1 Å². The Morgan fingerprint density at radius 1 is 1.33 bits per heavy atom. The molecule has 2 aromatic rings. The van der Waals surface area contributed by atoms with E-state index in [-0.39, 0.29) is 0 Å². The molecule has 1 aliphatic heterocycles. The van der Waals surface area contributed by atoms with E-state index in [4.69, 9.17) is 16.3 Å². The average Bonchev–Trinajstić information content (AvgIpc) is 3.15. The summed E-state index contributed by atoms with van der Waals surface area (Å²) in [5.74, 6) is 0. The lowest BCUT2D eigenvalue weighted by molar-refractivity contribution is 0.111. The van der Waals surface area contributed by atoms with Crippen LogP contribution in [0.5, 0.6) is 0 Å². The van der Waals surface area contributed by atoms with Gasteiger partial charge < -0.3 is 4.74 Å². The first kappa shape index (κ1) is 17.4. The van der Waals surface area contributed by atoms with Gasteiger partial charge in [0.05, 0.1) is 23.7 Å². The van der Waals surface area contributed by atoms with Crippen molar-refractivity contribution in [3.63, 3.8) is 0 Å². The second-order valence-electron chi connectivity index (χ2n) is 6.51. The topological polar surface area (TPSA) is 46.4 Å². The van der Waals surface area contributed by atoms with Crippen molar-refractivity contribution in [1.82, 2.24) is 24.8 Å². The molecule has 1 aromatic carbocycles. The minimum Gasteiger partial charge on any atom is -0.380 e. The minimum atomic E-state index is 0.346. The van der Waals surface area contributed by atoms with Crippen molar-refractivity contribution >= 4 is 11.6 Å². The highest BCUT2D eigenvalue weighted by Gasteiger charge is 2.30. The van der Waals surface area contributed by atoms with E-state index in [0.717, 1.165) is 37.4 Å². The van der Waals surface area contributed by atoms with Crippen LogP contribution in [0, 0.1) is 0 Å². The van der Waals surface area contributed by atoms with Gasteiger partial charge in [-0.1, -0.05) is 16.8 Å². The van der Waals surface area contributed by atoms with Gasteiger partial charge in [-0.25, -0.2) is 4.68 Å². The highest BCUT2D eigenvalue weighted by molar-refractivity contribution is 6.30. The second-order valence-corrected chi connectivity index (χ2v) is 6.95. The lowest BCUT2D eigenvalue weighted by Crippen LogP contribution is -2.36. The van der Waals surface area contributed by atoms with Gasteiger partial charge in [-0.15, -0.1) is 5.10 Å². The Hall–Kier alpha value is -1.47. The van der Waals surface area contributed by atoms with E-state index >= 15 is 0 Å². The van der Waals surface area contributed by atoms with Crippen LogP contribution < -0.4 is 0 Å². The number of methoxy groups -OCH3 is 1. The Bertz CT molecular complexity index is 659. The lowest BCUT2D eigenvalue weighted by Gasteiger charge is -2.24. The summed E-state index contributed by atoms with van der Waals surface area (Å²) in [6.07, 6.45) is 3.39. The first-order valence-corrected chi connectivity index (χ1v) is 8.51. The summed E-state index contributed by atoms with van der Waals surface area (Å²) >= 11 is 5.92. The summed E-state index contributed by atoms with van der Waals surface area (Å²) in [7, 11) is 6.07. The zero-order valence-corrected chi connectivity index (χ0v) is 15.1. The van der Waals surface area contributed by atoms with Crippen LogP contribution in [-0.4, -0.2) is 71.2 Å². The number of ether oxygens (including phenoxy) is 1. The summed E-state index contributed by atoms with van der Waals surface area (Å²) in [6, 6.07) is 8.09. The van der Waals surface area contributed by atoms with Crippen molar-refractivity contribution in [1.29, 1.82) is 0 Å². The quantitative estimate of drug-likeness (QED) is 0.799. The number of hydrogen-bond acceptors (Lipinski definition) is 5. The molecule has 0 radical (unpaired) electrons. The highest BCUT2D eigenvalue weighted by Crippen LogP contribution is 2.19. The third-order valence-electron chi connectivity index (χ3n) is 4.57. The van der Waals surface area contributed by atoms with Crippen molar-refractivity contribution in [3.8, 4) is 5.69 Å². The minimum absolute atomic E-state index is 0.346. The fourth-order valence-electron chi connectivity index (χ4n) is 3.20. The van der Waals surface area contributed by atoms with Gasteiger partial charge >= 0.3 is 0 Å². The average molecular weight is 350 g/mol. The molecule has 0 spiro atoms. The van der Waals surface area contributed by atoms with Crippen LogP contribution >= 0.6 is 11.6 Å². The molecule has 24 heavy (non-hydrogen) atoms. The zero-order chi connectivity index (χ0) is 17.1. The van der Waals surface area contributed by atoms with Crippen molar-refractivity contribution in [2.45, 2.75) is 25.1 Å². The molecule has 2 heterocycles. The van der Waals surface area contributed by atoms with Crippen LogP contribution in [0.3, 0.4) is 0 Å². The maximum atomic E-state index is 5.92. The monoisotopic (exact) mass is 349 g/mol. The molecule has 0 N–H and O–H groups in total. The third kappa shape index (κ3) is 4.13. The molecule has 0 aliphatic carbocycles. The summed E-state index contributed by atoms with van der Waals surface area (Å²) in [5.41, 5.74) is 1.91. The Kier molecular flexibility index (Phi) is 5.50. The third-order valence-corrected chi connectivity index (χ3v) is 4.82. The molecule has 6 nitrogen and oxygen atoms in total. The molecule has 1 aromatic heterocycles. The van der Waals surface area contributed by atoms with E-state index in [9.17, 15) is 0 Å². The number of halogens is 1. The number of aromatic nitrogens is 3. The van der Waals surface area contributed by atoms with Gasteiger partial charge in [0.2, 0.25) is 0 Å². The van der Waals surface area contributed by atoms with E-state index in [0.29, 0.717) is 17.2 Å². The molecule has 0 saturated carbocycles. The van der Waals surface area contributed by atoms with E-state index in [1.165, 1.54) is 0 Å². The fourth-order valence-corrected chi connectivity index (χ4v) is 3.33. The van der Waals surface area contributed by atoms with Crippen LogP contribution in [0.4, 0.5) is 0 Å². The number of rotatable bonds is 6. The number of nitrogens with zero attached hydrogens (tertiary/aromatic N) is 5. The van der Waals surface area contributed by atoms with Gasteiger partial charge in [0.25, 0.3) is 0 Å². The smallest absolute Gasteiger partial charge is 0.0971 e. The van der Waals surface area contributed by atoms with Crippen molar-refractivity contribution in [3.05, 3.63) is 41.2 Å². The highest BCUT2D eigenvalue weighted by atomic mass is 35.5. The lowest BCUT2D eigenvalue weighted by atomic mass is 10.2. The maximum Gasteiger partial charge on any atom is 0.0971 e. The Morgan fingerprint density at radius 3 is 2.75 bits per heavy atom. The van der Waals surface area contributed by atoms with Gasteiger partial charge in [-0.2, -0.15) is 0 Å². The Labute approximate surface area is 147 Å². The Balaban J connectivity index is 1.57. The summed E-state index contributed by atoms with van der Waals surface area (Å²) in [6.45, 7) is 2.77. The van der Waals surface area contributed by atoms with Crippen LogP contribution in [0.15, 0.2) is 30.5 Å². The maximum absolute atomic E-state index is 5.92. The predicted octanol–water partition coefficient (Wildman–Crippen LogP) is 2.07. The summed E-state index contributed by atoms with van der Waals surface area (Å²) < 4.78 is 7.26. The molecular weight excluding hydrogens is 326 g/mol. The van der Waals surface area contributed by atoms with Crippen molar-refractivity contribution in [2.24, 2.45) is 0 Å². The van der Waals surface area contributed by atoms with E-state index in [2.05, 4.69) is 34.2 Å². The molecule has 3 rings (SSSR count). The molecule has 2 atom stereocenters. The largest absolute Gasteiger partial charge is 0.380 e. The molecule has 0 bridgehead atoms. The van der Waals surface area contributed by atoms with Gasteiger partial charge in [-0.05, 0) is 44.8 Å². The molecule has 0 amide bonds. The van der Waals surface area contributed by atoms with Gasteiger partial charge in [0.1, 0.15) is 0 Å². The van der Waals surface area contributed by atoms with Crippen molar-refractivity contribution < 1.29 is 4.74 Å². The van der Waals surface area contributed by atoms with Gasteiger partial charge in [0, 0.05) is 37.8 Å². The predicted molar refractivity (Wildman–Crippen MR) is 94.5 cm³/mol. The van der Waals surface area contributed by atoms with E-state index in [1.807, 2.05) is 30.5 Å². The number of likely N-dealkylation sites (N-methyl/N-ethyl adjacent to an activating group) is 2. The number of benzene rings is 1. The molecule has 1 fully saturated rings. The number of hydrogen-bond donors (Lipinski definition) is 0. The molecule has 130 valence electrons. The SMILES string of the molecule is CO[C@H]1C[C@@H](CN(C)Cc2cn(-c3ccc(Cl)cc3)nn2)N(C)C1. The first-order valence-electron chi connectivity index (χ1n) is 8.14. The second kappa shape index (κ2) is 7.61. The first-order chi connectivity index (χ1) is 11.5. The van der Waals surface area contributed by atoms with Crippen LogP contribution in [0.2, 0.25) is 5.02 Å². The molecular formula is C17H24ClN5O.